The molecule has 3 aromatic carbocycles. The Labute approximate surface area is 245 Å². The van der Waals surface area contributed by atoms with Gasteiger partial charge in [0.2, 0.25) is 0 Å². The number of aromatic nitrogens is 1. The van der Waals surface area contributed by atoms with E-state index in [-0.39, 0.29) is 30.0 Å². The van der Waals surface area contributed by atoms with E-state index in [0.717, 1.165) is 52.3 Å². The Morgan fingerprint density at radius 3 is 2.57 bits per heavy atom. The minimum Gasteiger partial charge on any atom is -0.485 e. The zero-order valence-electron chi connectivity index (χ0n) is 24.0. The number of piperidine rings is 1. The zero-order chi connectivity index (χ0) is 29.3. The van der Waals surface area contributed by atoms with Gasteiger partial charge in [0.1, 0.15) is 17.7 Å². The molecule has 216 valence electrons. The van der Waals surface area contributed by atoms with E-state index in [1.165, 1.54) is 12.7 Å². The number of amides is 1. The van der Waals surface area contributed by atoms with E-state index in [9.17, 15) is 9.59 Å². The van der Waals surface area contributed by atoms with Crippen LogP contribution in [0.2, 0.25) is 0 Å². The number of rotatable bonds is 6. The molecule has 4 aromatic rings. The quantitative estimate of drug-likeness (QED) is 0.277. The number of nitrogens with zero attached hydrogens (tertiary/aromatic N) is 2. The number of hydrogen-bond acceptors (Lipinski definition) is 7. The Bertz CT molecular complexity index is 1640. The molecule has 0 bridgehead atoms. The molecule has 0 unspecified atom stereocenters. The van der Waals surface area contributed by atoms with Gasteiger partial charge in [0.05, 0.1) is 20.1 Å². The molecule has 2 aliphatic rings. The molecule has 1 aromatic heterocycles. The number of anilines is 1. The summed E-state index contributed by atoms with van der Waals surface area (Å²) < 4.78 is 17.0. The molecule has 2 N–H and O–H groups in total. The number of nitrogen functional groups attached to an aromatic ring is 1. The molecule has 1 spiro atoms. The van der Waals surface area contributed by atoms with Crippen molar-refractivity contribution in [3.8, 4) is 16.9 Å². The van der Waals surface area contributed by atoms with Gasteiger partial charge in [-0.2, -0.15) is 0 Å². The SMILES string of the molecule is CCOC(=O)Cc1ccccc1O[C@@H]1CC2(CCN(C(=O)OC)CC2)c2ccc(-c3ccc4ccnc(N)c4c3)cc21. The van der Waals surface area contributed by atoms with E-state index < -0.39 is 0 Å². The van der Waals surface area contributed by atoms with Gasteiger partial charge < -0.3 is 24.8 Å². The molecule has 8 heteroatoms. The van der Waals surface area contributed by atoms with Crippen LogP contribution in [0.5, 0.6) is 5.75 Å². The molecule has 1 amide bonds. The second kappa shape index (κ2) is 11.4. The monoisotopic (exact) mass is 565 g/mol. The molecule has 6 rings (SSSR count). The Morgan fingerprint density at radius 2 is 1.79 bits per heavy atom. The first-order valence-electron chi connectivity index (χ1n) is 14.4. The van der Waals surface area contributed by atoms with Crippen molar-refractivity contribution in [1.82, 2.24) is 9.88 Å². The lowest BCUT2D eigenvalue weighted by Crippen LogP contribution is -2.44. The predicted octanol–water partition coefficient (Wildman–Crippen LogP) is 6.21. The van der Waals surface area contributed by atoms with Crippen LogP contribution in [0.1, 0.15) is 49.0 Å². The van der Waals surface area contributed by atoms with Gasteiger partial charge >= 0.3 is 12.1 Å². The normalized spacial score (nSPS) is 17.2. The van der Waals surface area contributed by atoms with Gasteiger partial charge in [-0.1, -0.05) is 42.5 Å². The van der Waals surface area contributed by atoms with Crippen LogP contribution in [0.3, 0.4) is 0 Å². The number of para-hydroxylation sites is 1. The molecule has 0 radical (unpaired) electrons. The van der Waals surface area contributed by atoms with Crippen LogP contribution in [0.4, 0.5) is 10.6 Å². The predicted molar refractivity (Wildman–Crippen MR) is 161 cm³/mol. The highest BCUT2D eigenvalue weighted by molar-refractivity contribution is 5.94. The number of nitrogens with two attached hydrogens (primary N) is 1. The third-order valence-corrected chi connectivity index (χ3v) is 8.71. The second-order valence-electron chi connectivity index (χ2n) is 11.1. The van der Waals surface area contributed by atoms with E-state index in [1.54, 1.807) is 18.0 Å². The number of fused-ring (bicyclic) bond motifs is 3. The first-order chi connectivity index (χ1) is 20.4. The molecular weight excluding hydrogens is 530 g/mol. The van der Waals surface area contributed by atoms with Gasteiger partial charge in [0.15, 0.2) is 0 Å². The van der Waals surface area contributed by atoms with E-state index in [2.05, 4.69) is 41.4 Å². The Kier molecular flexibility index (Phi) is 7.45. The maximum absolute atomic E-state index is 12.3. The molecular formula is C34H35N3O5. The van der Waals surface area contributed by atoms with Crippen LogP contribution in [-0.4, -0.2) is 48.8 Å². The largest absolute Gasteiger partial charge is 0.485 e. The van der Waals surface area contributed by atoms with Crippen molar-refractivity contribution in [3.05, 3.63) is 89.6 Å². The molecule has 1 saturated heterocycles. The highest BCUT2D eigenvalue weighted by atomic mass is 16.5. The average molecular weight is 566 g/mol. The molecule has 0 saturated carbocycles. The lowest BCUT2D eigenvalue weighted by molar-refractivity contribution is -0.142. The van der Waals surface area contributed by atoms with E-state index in [4.69, 9.17) is 19.9 Å². The number of esters is 1. The Balaban J connectivity index is 1.38. The number of pyridine rings is 1. The summed E-state index contributed by atoms with van der Waals surface area (Å²) in [7, 11) is 1.42. The van der Waals surface area contributed by atoms with E-state index in [0.29, 0.717) is 31.3 Å². The van der Waals surface area contributed by atoms with Crippen LogP contribution in [0.15, 0.2) is 72.9 Å². The fourth-order valence-corrected chi connectivity index (χ4v) is 6.55. The summed E-state index contributed by atoms with van der Waals surface area (Å²) in [4.78, 5) is 30.6. The third-order valence-electron chi connectivity index (χ3n) is 8.71. The Morgan fingerprint density at radius 1 is 1.02 bits per heavy atom. The second-order valence-corrected chi connectivity index (χ2v) is 11.1. The number of carbonyl (C=O) groups is 2. The summed E-state index contributed by atoms with van der Waals surface area (Å²) in [6.45, 7) is 3.38. The fourth-order valence-electron chi connectivity index (χ4n) is 6.55. The van der Waals surface area contributed by atoms with Gasteiger partial charge in [-0.05, 0) is 78.1 Å². The van der Waals surface area contributed by atoms with Crippen molar-refractivity contribution >= 4 is 28.7 Å². The number of ether oxygens (including phenoxy) is 3. The van der Waals surface area contributed by atoms with Crippen LogP contribution in [-0.2, 0) is 26.1 Å². The molecule has 8 nitrogen and oxygen atoms in total. The average Bonchev–Trinajstić information content (AvgIpc) is 3.30. The maximum Gasteiger partial charge on any atom is 0.409 e. The van der Waals surface area contributed by atoms with Crippen molar-refractivity contribution in [2.24, 2.45) is 0 Å². The van der Waals surface area contributed by atoms with Gasteiger partial charge in [-0.3, -0.25) is 4.79 Å². The fraction of sp³-hybridized carbons (Fsp3) is 0.324. The van der Waals surface area contributed by atoms with Crippen LogP contribution in [0, 0.1) is 0 Å². The standard InChI is InChI=1S/C34H35N3O5/c1-3-41-31(38)20-25-6-4-5-7-29(25)42-30-21-34(13-16-37(17-14-34)33(39)40-2)28-11-10-24(19-27(28)30)23-9-8-22-12-15-36-32(35)26(22)18-23/h4-12,15,18-19,30H,3,13-14,16-17,20-21H2,1-2H3,(H2,35,36)/t30-/m1/s1. The summed E-state index contributed by atoms with van der Waals surface area (Å²) in [5.41, 5.74) is 11.4. The molecule has 2 heterocycles. The molecule has 42 heavy (non-hydrogen) atoms. The van der Waals surface area contributed by atoms with Gasteiger partial charge in [-0.25, -0.2) is 9.78 Å². The van der Waals surface area contributed by atoms with Crippen molar-refractivity contribution in [2.45, 2.75) is 44.1 Å². The summed E-state index contributed by atoms with van der Waals surface area (Å²) in [6.07, 6.45) is 3.77. The maximum atomic E-state index is 12.3. The highest BCUT2D eigenvalue weighted by Gasteiger charge is 2.47. The van der Waals surface area contributed by atoms with Gasteiger partial charge in [0.25, 0.3) is 0 Å². The molecule has 1 fully saturated rings. The first kappa shape index (κ1) is 27.6. The number of methoxy groups -OCH3 is 1. The number of hydrogen-bond donors (Lipinski definition) is 1. The number of carbonyl (C=O) groups excluding carboxylic acids is 2. The minimum absolute atomic E-state index is 0.128. The Hall–Kier alpha value is -4.59. The van der Waals surface area contributed by atoms with Crippen molar-refractivity contribution in [1.29, 1.82) is 0 Å². The van der Waals surface area contributed by atoms with Gasteiger partial charge in [0, 0.05) is 35.7 Å². The third kappa shape index (κ3) is 5.13. The van der Waals surface area contributed by atoms with Crippen LogP contribution < -0.4 is 10.5 Å². The summed E-state index contributed by atoms with van der Waals surface area (Å²) in [5.74, 6) is 0.908. The van der Waals surface area contributed by atoms with Crippen molar-refractivity contribution in [3.63, 3.8) is 0 Å². The topological polar surface area (TPSA) is 104 Å². The van der Waals surface area contributed by atoms with Gasteiger partial charge in [-0.15, -0.1) is 0 Å². The molecule has 1 aliphatic carbocycles. The summed E-state index contributed by atoms with van der Waals surface area (Å²) in [6, 6.07) is 22.5. The van der Waals surface area contributed by atoms with E-state index in [1.807, 2.05) is 30.3 Å². The van der Waals surface area contributed by atoms with E-state index >= 15 is 0 Å². The lowest BCUT2D eigenvalue weighted by Gasteiger charge is -2.39. The highest BCUT2D eigenvalue weighted by Crippen LogP contribution is 2.53. The minimum atomic E-state index is -0.288. The number of benzene rings is 3. The van der Waals surface area contributed by atoms with Crippen LogP contribution in [0.25, 0.3) is 21.9 Å². The number of likely N-dealkylation sites (tertiary alicyclic amines) is 1. The summed E-state index contributed by atoms with van der Waals surface area (Å²) >= 11 is 0. The molecule has 1 atom stereocenters. The first-order valence-corrected chi connectivity index (χ1v) is 14.4. The molecule has 1 aliphatic heterocycles. The van der Waals surface area contributed by atoms with Crippen molar-refractivity contribution < 1.29 is 23.8 Å². The lowest BCUT2D eigenvalue weighted by atomic mass is 9.73. The summed E-state index contributed by atoms with van der Waals surface area (Å²) in [5, 5.41) is 1.96. The smallest absolute Gasteiger partial charge is 0.409 e. The van der Waals surface area contributed by atoms with Crippen molar-refractivity contribution in [2.75, 3.05) is 32.5 Å². The van der Waals surface area contributed by atoms with Crippen LogP contribution >= 0.6 is 0 Å². The zero-order valence-corrected chi connectivity index (χ0v) is 24.0.